The van der Waals surface area contributed by atoms with Gasteiger partial charge in [0.05, 0.1) is 11.1 Å². The number of nitrogens with one attached hydrogen (secondary N) is 1. The molecular weight excluding hydrogens is 312 g/mol. The number of imide groups is 1. The Balaban J connectivity index is 2.02. The maximum absolute atomic E-state index is 13.1. The highest BCUT2D eigenvalue weighted by Gasteiger charge is 2.58. The Morgan fingerprint density at radius 3 is 2.58 bits per heavy atom. The monoisotopic (exact) mass is 332 g/mol. The molecule has 0 bridgehead atoms. The second-order valence-corrected chi connectivity index (χ2v) is 7.20. The number of aliphatic carboxylic acids is 1. The lowest BCUT2D eigenvalue weighted by atomic mass is 9.79. The van der Waals surface area contributed by atoms with Gasteiger partial charge in [0.25, 0.3) is 0 Å². The zero-order chi connectivity index (χ0) is 17.7. The number of ether oxygens (including phenoxy) is 1. The van der Waals surface area contributed by atoms with Crippen molar-refractivity contribution in [2.45, 2.75) is 44.2 Å². The second-order valence-electron chi connectivity index (χ2n) is 7.20. The number of amides is 2. The molecule has 2 heterocycles. The van der Waals surface area contributed by atoms with Gasteiger partial charge in [-0.25, -0.2) is 9.69 Å². The lowest BCUT2D eigenvalue weighted by Crippen LogP contribution is -2.46. The van der Waals surface area contributed by atoms with Crippen LogP contribution in [0.5, 0.6) is 0 Å². The number of para-hydroxylation sites is 1. The number of benzene rings is 1. The Bertz CT molecular complexity index is 724. The number of hydrogen-bond acceptors (Lipinski definition) is 5. The number of rotatable bonds is 1. The third-order valence-corrected chi connectivity index (χ3v) is 4.35. The molecule has 1 aromatic rings. The fraction of sp³-hybridized carbons (Fsp3) is 0.471. The molecule has 7 heteroatoms. The molecule has 1 aromatic carbocycles. The van der Waals surface area contributed by atoms with Crippen molar-refractivity contribution in [3.05, 3.63) is 29.8 Å². The van der Waals surface area contributed by atoms with Crippen LogP contribution in [0.1, 0.15) is 32.8 Å². The molecule has 2 aliphatic heterocycles. The van der Waals surface area contributed by atoms with E-state index in [1.807, 2.05) is 0 Å². The molecule has 1 fully saturated rings. The quantitative estimate of drug-likeness (QED) is 0.812. The number of fused-ring (bicyclic) bond motifs is 2. The maximum Gasteiger partial charge on any atom is 0.421 e. The summed E-state index contributed by atoms with van der Waals surface area (Å²) in [6.07, 6.45) is -0.632. The zero-order valence-electron chi connectivity index (χ0n) is 13.8. The van der Waals surface area contributed by atoms with Gasteiger partial charge in [-0.2, -0.15) is 0 Å². The van der Waals surface area contributed by atoms with Crippen LogP contribution in [-0.2, 0) is 19.7 Å². The van der Waals surface area contributed by atoms with Crippen molar-refractivity contribution < 1.29 is 24.2 Å². The lowest BCUT2D eigenvalue weighted by molar-refractivity contribution is -0.139. The summed E-state index contributed by atoms with van der Waals surface area (Å²) >= 11 is 0. The molecule has 7 nitrogen and oxygen atoms in total. The molecule has 2 atom stereocenters. The zero-order valence-corrected chi connectivity index (χ0v) is 13.8. The first-order valence-corrected chi connectivity index (χ1v) is 7.79. The summed E-state index contributed by atoms with van der Waals surface area (Å²) < 4.78 is 5.36. The van der Waals surface area contributed by atoms with Gasteiger partial charge in [-0.15, -0.1) is 0 Å². The predicted molar refractivity (Wildman–Crippen MR) is 85.9 cm³/mol. The second kappa shape index (κ2) is 5.31. The number of carboxylic acids is 1. The normalized spacial score (nSPS) is 25.9. The van der Waals surface area contributed by atoms with Crippen molar-refractivity contribution >= 4 is 23.7 Å². The van der Waals surface area contributed by atoms with Crippen LogP contribution in [0.3, 0.4) is 0 Å². The van der Waals surface area contributed by atoms with Crippen LogP contribution < -0.4 is 10.2 Å². The van der Waals surface area contributed by atoms with E-state index < -0.39 is 35.0 Å². The van der Waals surface area contributed by atoms with Crippen LogP contribution in [0.25, 0.3) is 0 Å². The van der Waals surface area contributed by atoms with Gasteiger partial charge in [-0.3, -0.25) is 9.59 Å². The van der Waals surface area contributed by atoms with Crippen LogP contribution >= 0.6 is 0 Å². The highest BCUT2D eigenvalue weighted by atomic mass is 16.6. The SMILES string of the molecule is CC(C)(C)OC(=O)N1C(=O)[C@]2(CN[C@H](C(=O)O)C2)c2ccccc21. The molecule has 24 heavy (non-hydrogen) atoms. The van der Waals surface area contributed by atoms with Gasteiger partial charge in [-0.05, 0) is 38.8 Å². The van der Waals surface area contributed by atoms with Gasteiger partial charge < -0.3 is 15.2 Å². The van der Waals surface area contributed by atoms with Crippen LogP contribution in [-0.4, -0.2) is 41.3 Å². The van der Waals surface area contributed by atoms with Gasteiger partial charge in [0.15, 0.2) is 0 Å². The summed E-state index contributed by atoms with van der Waals surface area (Å²) in [6.45, 7) is 5.36. The van der Waals surface area contributed by atoms with E-state index in [9.17, 15) is 19.5 Å². The predicted octanol–water partition coefficient (Wildman–Crippen LogP) is 1.65. The molecule has 128 valence electrons. The van der Waals surface area contributed by atoms with E-state index in [4.69, 9.17) is 4.74 Å². The van der Waals surface area contributed by atoms with E-state index in [-0.39, 0.29) is 13.0 Å². The first-order chi connectivity index (χ1) is 11.2. The minimum atomic E-state index is -1.05. The number of anilines is 1. The molecule has 0 aromatic heterocycles. The largest absolute Gasteiger partial charge is 0.480 e. The lowest BCUT2D eigenvalue weighted by Gasteiger charge is -2.25. The van der Waals surface area contributed by atoms with Crippen molar-refractivity contribution in [1.29, 1.82) is 0 Å². The minimum absolute atomic E-state index is 0.109. The van der Waals surface area contributed by atoms with Crippen molar-refractivity contribution in [2.75, 3.05) is 11.4 Å². The summed E-state index contributed by atoms with van der Waals surface area (Å²) in [4.78, 5) is 37.9. The van der Waals surface area contributed by atoms with Crippen LogP contribution in [0.4, 0.5) is 10.5 Å². The summed E-state index contributed by atoms with van der Waals surface area (Å²) in [7, 11) is 0. The van der Waals surface area contributed by atoms with E-state index in [0.29, 0.717) is 11.3 Å². The van der Waals surface area contributed by atoms with Crippen molar-refractivity contribution in [2.24, 2.45) is 0 Å². The Morgan fingerprint density at radius 2 is 2.00 bits per heavy atom. The third-order valence-electron chi connectivity index (χ3n) is 4.35. The molecule has 0 unspecified atom stereocenters. The molecule has 0 aliphatic carbocycles. The Morgan fingerprint density at radius 1 is 1.33 bits per heavy atom. The first-order valence-electron chi connectivity index (χ1n) is 7.79. The number of hydrogen-bond donors (Lipinski definition) is 2. The van der Waals surface area contributed by atoms with Gasteiger partial charge in [0.2, 0.25) is 5.91 Å². The van der Waals surface area contributed by atoms with Crippen molar-refractivity contribution in [3.63, 3.8) is 0 Å². The van der Waals surface area contributed by atoms with E-state index in [1.165, 1.54) is 0 Å². The molecule has 2 aliphatic rings. The Labute approximate surface area is 139 Å². The van der Waals surface area contributed by atoms with Gasteiger partial charge >= 0.3 is 12.1 Å². The number of nitrogens with zero attached hydrogens (tertiary/aromatic N) is 1. The van der Waals surface area contributed by atoms with Gasteiger partial charge in [-0.1, -0.05) is 18.2 Å². The molecule has 0 saturated carbocycles. The van der Waals surface area contributed by atoms with E-state index in [2.05, 4.69) is 5.32 Å². The highest BCUT2D eigenvalue weighted by molar-refractivity contribution is 6.21. The number of carbonyl (C=O) groups excluding carboxylic acids is 2. The summed E-state index contributed by atoms with van der Waals surface area (Å²) in [6, 6.07) is 6.14. The van der Waals surface area contributed by atoms with E-state index in [1.54, 1.807) is 45.0 Å². The van der Waals surface area contributed by atoms with Crippen molar-refractivity contribution in [3.8, 4) is 0 Å². The highest BCUT2D eigenvalue weighted by Crippen LogP contribution is 2.47. The molecular formula is C17H20N2O5. The van der Waals surface area contributed by atoms with E-state index in [0.717, 1.165) is 4.90 Å². The molecule has 1 saturated heterocycles. The minimum Gasteiger partial charge on any atom is -0.480 e. The molecule has 2 N–H and O–H groups in total. The number of carbonyl (C=O) groups is 3. The molecule has 2 amide bonds. The van der Waals surface area contributed by atoms with Crippen LogP contribution in [0.2, 0.25) is 0 Å². The Kier molecular flexibility index (Phi) is 3.64. The van der Waals surface area contributed by atoms with Crippen molar-refractivity contribution in [1.82, 2.24) is 5.32 Å². The molecule has 0 radical (unpaired) electrons. The smallest absolute Gasteiger partial charge is 0.421 e. The topological polar surface area (TPSA) is 95.9 Å². The molecule has 1 spiro atoms. The van der Waals surface area contributed by atoms with Crippen LogP contribution in [0, 0.1) is 0 Å². The van der Waals surface area contributed by atoms with E-state index >= 15 is 0 Å². The fourth-order valence-corrected chi connectivity index (χ4v) is 3.33. The number of carboxylic acid groups (broad SMARTS) is 1. The van der Waals surface area contributed by atoms with Crippen LogP contribution in [0.15, 0.2) is 24.3 Å². The Hall–Kier alpha value is -2.41. The summed E-state index contributed by atoms with van der Waals surface area (Å²) in [5.41, 5.74) is -0.655. The summed E-state index contributed by atoms with van der Waals surface area (Å²) in [5.74, 6) is -1.44. The first kappa shape index (κ1) is 16.4. The van der Waals surface area contributed by atoms with Gasteiger partial charge in [0, 0.05) is 6.54 Å². The summed E-state index contributed by atoms with van der Waals surface area (Å²) in [5, 5.41) is 12.1. The standard InChI is InChI=1S/C17H20N2O5/c1-16(2,3)24-15(23)19-12-7-5-4-6-10(12)17(14(19)22)8-11(13(20)21)18-9-17/h4-7,11,18H,8-9H2,1-3H3,(H,20,21)/t11-,17+/m0/s1. The maximum atomic E-state index is 13.1. The third kappa shape index (κ3) is 2.45. The average molecular weight is 332 g/mol. The fourth-order valence-electron chi connectivity index (χ4n) is 3.33. The average Bonchev–Trinajstić information content (AvgIpc) is 3.01. The van der Waals surface area contributed by atoms with Gasteiger partial charge in [0.1, 0.15) is 11.6 Å². The molecule has 3 rings (SSSR count).